The first-order valence-electron chi connectivity index (χ1n) is 13.1. The van der Waals surface area contributed by atoms with E-state index in [0.717, 1.165) is 0 Å². The highest BCUT2D eigenvalue weighted by atomic mass is 16.5. The summed E-state index contributed by atoms with van der Waals surface area (Å²) >= 11 is 0. The van der Waals surface area contributed by atoms with Gasteiger partial charge in [0.25, 0.3) is 0 Å². The Labute approximate surface area is 231 Å². The standard InChI is InChI=1S/C23H32N4O5.C7H8/c1-15(2)20-23(31)27(4)21(16(3)28)22(30)26-14-19(29)24-11-7-9-17-8-5-6-10-18(17)32-13-12-25-20;1-7-5-3-2-4-6-7/h5-6,8,10,15-16,20-21,25,28H,11-14H2,1-4H3,(H,24,29)(H,26,30);2-6H,1H3. The number of carbonyl (C=O) groups excluding carboxylic acids is 3. The van der Waals surface area contributed by atoms with Crippen LogP contribution in [0.5, 0.6) is 5.75 Å². The normalized spacial score (nSPS) is 19.9. The van der Waals surface area contributed by atoms with Gasteiger partial charge in [-0.1, -0.05) is 73.7 Å². The maximum absolute atomic E-state index is 13.1. The number of amides is 3. The average Bonchev–Trinajstić information content (AvgIpc) is 2.90. The van der Waals surface area contributed by atoms with Crippen molar-refractivity contribution in [2.75, 3.05) is 33.3 Å². The van der Waals surface area contributed by atoms with Crippen LogP contribution in [0.15, 0.2) is 54.6 Å². The first-order chi connectivity index (χ1) is 18.6. The summed E-state index contributed by atoms with van der Waals surface area (Å²) in [6.45, 7) is 7.79. The molecular formula is C30H40N4O5. The number of nitrogens with one attached hydrogen (secondary N) is 3. The third kappa shape index (κ3) is 10.4. The van der Waals surface area contributed by atoms with E-state index in [0.29, 0.717) is 24.5 Å². The van der Waals surface area contributed by atoms with Gasteiger partial charge in [-0.2, -0.15) is 0 Å². The van der Waals surface area contributed by atoms with E-state index in [1.165, 1.54) is 24.4 Å². The van der Waals surface area contributed by atoms with Crippen LogP contribution in [0.25, 0.3) is 0 Å². The minimum Gasteiger partial charge on any atom is -0.491 e. The molecule has 0 saturated carbocycles. The van der Waals surface area contributed by atoms with Crippen LogP contribution >= 0.6 is 0 Å². The van der Waals surface area contributed by atoms with Crippen molar-refractivity contribution in [3.8, 4) is 17.6 Å². The van der Waals surface area contributed by atoms with Gasteiger partial charge in [-0.25, -0.2) is 0 Å². The smallest absolute Gasteiger partial charge is 0.245 e. The molecule has 1 aliphatic rings. The second-order valence-corrected chi connectivity index (χ2v) is 9.61. The van der Waals surface area contributed by atoms with E-state index in [2.05, 4.69) is 46.8 Å². The van der Waals surface area contributed by atoms with Crippen LogP contribution in [0.2, 0.25) is 0 Å². The molecule has 3 amide bonds. The van der Waals surface area contributed by atoms with Gasteiger partial charge in [0.1, 0.15) is 18.4 Å². The van der Waals surface area contributed by atoms with Crippen LogP contribution in [-0.2, 0) is 14.4 Å². The number of aliphatic hydroxyl groups is 1. The van der Waals surface area contributed by atoms with Crippen molar-refractivity contribution in [2.24, 2.45) is 5.92 Å². The molecule has 9 heteroatoms. The molecular weight excluding hydrogens is 496 g/mol. The number of hydrogen-bond donors (Lipinski definition) is 4. The SMILES string of the molecule is CC(C)C1NCCOc2ccccc2C#CCNC(=O)CNC(=O)C(C(C)O)N(C)C1=O.Cc1ccccc1. The third-order valence-electron chi connectivity index (χ3n) is 5.99. The maximum atomic E-state index is 13.1. The molecule has 0 saturated heterocycles. The fraction of sp³-hybridized carbons (Fsp3) is 0.433. The zero-order valence-electron chi connectivity index (χ0n) is 23.4. The van der Waals surface area contributed by atoms with Gasteiger partial charge in [-0.05, 0) is 31.9 Å². The van der Waals surface area contributed by atoms with Crippen molar-refractivity contribution in [3.05, 3.63) is 65.7 Å². The van der Waals surface area contributed by atoms with Crippen molar-refractivity contribution >= 4 is 17.7 Å². The molecule has 0 aromatic heterocycles. The highest BCUT2D eigenvalue weighted by molar-refractivity contribution is 5.92. The Hall–Kier alpha value is -3.87. The van der Waals surface area contributed by atoms with Crippen molar-refractivity contribution < 1.29 is 24.2 Å². The number of benzene rings is 2. The Bertz CT molecular complexity index is 1140. The summed E-state index contributed by atoms with van der Waals surface area (Å²) in [6, 6.07) is 15.9. The minimum atomic E-state index is -1.14. The summed E-state index contributed by atoms with van der Waals surface area (Å²) in [6.07, 6.45) is -1.13. The van der Waals surface area contributed by atoms with Crippen molar-refractivity contribution in [1.82, 2.24) is 20.9 Å². The lowest BCUT2D eigenvalue weighted by molar-refractivity contribution is -0.145. The molecule has 2 aromatic carbocycles. The number of likely N-dealkylation sites (N-methyl/N-ethyl adjacent to an activating group) is 1. The molecule has 39 heavy (non-hydrogen) atoms. The van der Waals surface area contributed by atoms with E-state index in [-0.39, 0.29) is 24.9 Å². The Morgan fingerprint density at radius 3 is 2.28 bits per heavy atom. The Balaban J connectivity index is 0.000000658. The molecule has 3 unspecified atom stereocenters. The van der Waals surface area contributed by atoms with Gasteiger partial charge in [0.2, 0.25) is 17.7 Å². The van der Waals surface area contributed by atoms with E-state index in [4.69, 9.17) is 4.74 Å². The lowest BCUT2D eigenvalue weighted by Gasteiger charge is -2.33. The van der Waals surface area contributed by atoms with Gasteiger partial charge in [0.15, 0.2) is 0 Å². The van der Waals surface area contributed by atoms with Gasteiger partial charge in [-0.3, -0.25) is 14.4 Å². The van der Waals surface area contributed by atoms with Gasteiger partial charge >= 0.3 is 0 Å². The highest BCUT2D eigenvalue weighted by Gasteiger charge is 2.35. The number of hydrogen-bond acceptors (Lipinski definition) is 6. The summed E-state index contributed by atoms with van der Waals surface area (Å²) in [5.74, 6) is 4.99. The van der Waals surface area contributed by atoms with E-state index in [1.807, 2.05) is 56.3 Å². The van der Waals surface area contributed by atoms with Gasteiger partial charge in [0, 0.05) is 13.6 Å². The molecule has 0 radical (unpaired) electrons. The minimum absolute atomic E-state index is 0.0720. The van der Waals surface area contributed by atoms with Gasteiger partial charge in [-0.15, -0.1) is 0 Å². The van der Waals surface area contributed by atoms with E-state index in [1.54, 1.807) is 0 Å². The number of ether oxygens (including phenoxy) is 1. The Kier molecular flexibility index (Phi) is 13.0. The average molecular weight is 537 g/mol. The molecule has 9 nitrogen and oxygen atoms in total. The molecule has 4 N–H and O–H groups in total. The van der Waals surface area contributed by atoms with Crippen LogP contribution in [0.1, 0.15) is 31.9 Å². The molecule has 0 bridgehead atoms. The second kappa shape index (κ2) is 16.2. The van der Waals surface area contributed by atoms with Gasteiger partial charge < -0.3 is 30.7 Å². The third-order valence-corrected chi connectivity index (χ3v) is 5.99. The van der Waals surface area contributed by atoms with Crippen molar-refractivity contribution in [2.45, 2.75) is 45.9 Å². The predicted octanol–water partition coefficient (Wildman–Crippen LogP) is 1.48. The number of carbonyl (C=O) groups is 3. The molecule has 1 aliphatic heterocycles. The number of aryl methyl sites for hydroxylation is 1. The van der Waals surface area contributed by atoms with E-state index >= 15 is 0 Å². The van der Waals surface area contributed by atoms with Crippen molar-refractivity contribution in [1.29, 1.82) is 0 Å². The second-order valence-electron chi connectivity index (χ2n) is 9.61. The zero-order valence-corrected chi connectivity index (χ0v) is 23.4. The summed E-state index contributed by atoms with van der Waals surface area (Å²) in [7, 11) is 1.47. The highest BCUT2D eigenvalue weighted by Crippen LogP contribution is 2.16. The first-order valence-corrected chi connectivity index (χ1v) is 13.1. The lowest BCUT2D eigenvalue weighted by atomic mass is 10.0. The van der Waals surface area contributed by atoms with Gasteiger partial charge in [0.05, 0.1) is 30.8 Å². The fourth-order valence-corrected chi connectivity index (χ4v) is 3.91. The van der Waals surface area contributed by atoms with Crippen LogP contribution in [0, 0.1) is 24.7 Å². The Morgan fingerprint density at radius 2 is 1.67 bits per heavy atom. The molecule has 3 rings (SSSR count). The first kappa shape index (κ1) is 31.3. The monoisotopic (exact) mass is 536 g/mol. The summed E-state index contributed by atoms with van der Waals surface area (Å²) in [4.78, 5) is 39.1. The zero-order chi connectivity index (χ0) is 28.8. The maximum Gasteiger partial charge on any atom is 0.245 e. The molecule has 210 valence electrons. The molecule has 0 spiro atoms. The largest absolute Gasteiger partial charge is 0.491 e. The molecule has 2 aromatic rings. The molecule has 0 fully saturated rings. The summed E-state index contributed by atoms with van der Waals surface area (Å²) in [5, 5.41) is 18.4. The Morgan fingerprint density at radius 1 is 1.00 bits per heavy atom. The number of fused-ring (bicyclic) bond motifs is 1. The number of para-hydroxylation sites is 1. The fourth-order valence-electron chi connectivity index (χ4n) is 3.91. The number of aliphatic hydroxyl groups excluding tert-OH is 1. The molecule has 1 heterocycles. The summed E-state index contributed by atoms with van der Waals surface area (Å²) < 4.78 is 5.84. The lowest BCUT2D eigenvalue weighted by Crippen LogP contribution is -2.59. The van der Waals surface area contributed by atoms with Crippen molar-refractivity contribution in [3.63, 3.8) is 0 Å². The van der Waals surface area contributed by atoms with Crippen LogP contribution in [0.3, 0.4) is 0 Å². The quantitative estimate of drug-likeness (QED) is 0.432. The van der Waals surface area contributed by atoms with E-state index in [9.17, 15) is 19.5 Å². The topological polar surface area (TPSA) is 120 Å². The molecule has 3 atom stereocenters. The van der Waals surface area contributed by atoms with E-state index < -0.39 is 30.0 Å². The summed E-state index contributed by atoms with van der Waals surface area (Å²) in [5.41, 5.74) is 2.01. The predicted molar refractivity (Wildman–Crippen MR) is 151 cm³/mol. The number of nitrogens with zero attached hydrogens (tertiary/aromatic N) is 1. The number of rotatable bonds is 2. The van der Waals surface area contributed by atoms with Crippen LogP contribution < -0.4 is 20.7 Å². The van der Waals surface area contributed by atoms with Crippen LogP contribution in [-0.4, -0.2) is 79.2 Å². The molecule has 0 aliphatic carbocycles. The van der Waals surface area contributed by atoms with Crippen LogP contribution in [0.4, 0.5) is 0 Å².